The van der Waals surface area contributed by atoms with Crippen LogP contribution in [-0.2, 0) is 11.2 Å². The predicted octanol–water partition coefficient (Wildman–Crippen LogP) is 0.844. The van der Waals surface area contributed by atoms with E-state index in [9.17, 15) is 14.7 Å². The van der Waals surface area contributed by atoms with E-state index >= 15 is 0 Å². The summed E-state index contributed by atoms with van der Waals surface area (Å²) in [5.41, 5.74) is 0.915. The van der Waals surface area contributed by atoms with E-state index < -0.39 is 17.9 Å². The molecule has 1 aromatic carbocycles. The smallest absolute Gasteiger partial charge is 0.326 e. The minimum Gasteiger partial charge on any atom is -0.496 e. The van der Waals surface area contributed by atoms with Crippen molar-refractivity contribution >= 4 is 11.9 Å². The molecule has 0 bridgehead atoms. The quantitative estimate of drug-likeness (QED) is 0.731. The van der Waals surface area contributed by atoms with Crippen LogP contribution in [0.25, 0.3) is 0 Å². The monoisotopic (exact) mass is 289 g/mol. The van der Waals surface area contributed by atoms with Crippen molar-refractivity contribution in [3.8, 4) is 5.75 Å². The number of para-hydroxylation sites is 1. The Morgan fingerprint density at radius 2 is 2.19 bits per heavy atom. The molecule has 1 heterocycles. The summed E-state index contributed by atoms with van der Waals surface area (Å²) in [5.74, 6) is -1.23. The van der Waals surface area contributed by atoms with Crippen molar-refractivity contribution in [3.05, 3.63) is 48.0 Å². The average Bonchev–Trinajstić information content (AvgIpc) is 2.99. The van der Waals surface area contributed by atoms with Gasteiger partial charge in [-0.25, -0.2) is 9.78 Å². The van der Waals surface area contributed by atoms with E-state index in [-0.39, 0.29) is 12.0 Å². The first-order valence-corrected chi connectivity index (χ1v) is 6.25. The summed E-state index contributed by atoms with van der Waals surface area (Å²) >= 11 is 0. The van der Waals surface area contributed by atoms with E-state index in [0.29, 0.717) is 11.4 Å². The molecule has 0 radical (unpaired) electrons. The number of ether oxygens (including phenoxy) is 1. The number of rotatable bonds is 6. The van der Waals surface area contributed by atoms with Gasteiger partial charge in [-0.1, -0.05) is 12.1 Å². The van der Waals surface area contributed by atoms with Gasteiger partial charge in [0, 0.05) is 18.3 Å². The minimum absolute atomic E-state index is 0.121. The normalized spacial score (nSPS) is 11.7. The number of H-pyrrole nitrogens is 1. The Labute approximate surface area is 121 Å². The van der Waals surface area contributed by atoms with Crippen LogP contribution in [0.1, 0.15) is 16.1 Å². The number of aliphatic carboxylic acids is 1. The van der Waals surface area contributed by atoms with Crippen molar-refractivity contribution in [1.29, 1.82) is 0 Å². The van der Waals surface area contributed by atoms with Crippen LogP contribution in [0, 0.1) is 0 Å². The Hall–Kier alpha value is -2.83. The molecule has 0 aliphatic rings. The number of imidazole rings is 1. The lowest BCUT2D eigenvalue weighted by atomic mass is 10.1. The Morgan fingerprint density at radius 1 is 1.43 bits per heavy atom. The molecule has 3 N–H and O–H groups in total. The van der Waals surface area contributed by atoms with E-state index in [1.807, 2.05) is 0 Å². The van der Waals surface area contributed by atoms with Crippen LogP contribution in [0.5, 0.6) is 5.75 Å². The summed E-state index contributed by atoms with van der Waals surface area (Å²) in [6, 6.07) is 5.57. The van der Waals surface area contributed by atoms with Gasteiger partial charge < -0.3 is 20.1 Å². The largest absolute Gasteiger partial charge is 0.496 e. The van der Waals surface area contributed by atoms with Crippen LogP contribution >= 0.6 is 0 Å². The molecule has 0 spiro atoms. The molecule has 2 rings (SSSR count). The van der Waals surface area contributed by atoms with Gasteiger partial charge in [-0.2, -0.15) is 0 Å². The van der Waals surface area contributed by atoms with Crippen LogP contribution in [0.4, 0.5) is 0 Å². The number of amides is 1. The van der Waals surface area contributed by atoms with Crippen molar-refractivity contribution in [1.82, 2.24) is 15.3 Å². The highest BCUT2D eigenvalue weighted by Gasteiger charge is 2.23. The number of aromatic nitrogens is 2. The Balaban J connectivity index is 2.13. The van der Waals surface area contributed by atoms with E-state index in [2.05, 4.69) is 15.3 Å². The number of carbonyl (C=O) groups is 2. The number of nitrogens with one attached hydrogen (secondary N) is 2. The molecule has 1 amide bonds. The molecule has 0 fully saturated rings. The summed E-state index contributed by atoms with van der Waals surface area (Å²) < 4.78 is 5.09. The van der Waals surface area contributed by atoms with Gasteiger partial charge >= 0.3 is 5.97 Å². The van der Waals surface area contributed by atoms with Crippen molar-refractivity contribution < 1.29 is 19.4 Å². The second kappa shape index (κ2) is 6.56. The number of nitrogens with zero attached hydrogens (tertiary/aromatic N) is 1. The third-order valence-electron chi connectivity index (χ3n) is 2.93. The van der Waals surface area contributed by atoms with Crippen molar-refractivity contribution in [2.75, 3.05) is 7.11 Å². The standard InChI is InChI=1S/C14H15N3O4/c1-21-12-5-3-2-4-10(12)13(18)17-11(14(19)20)6-9-7-15-8-16-9/h2-5,7-8,11H,6H2,1H3,(H,15,16)(H,17,18)(H,19,20)/t11-/m0/s1. The van der Waals surface area contributed by atoms with Gasteiger partial charge in [0.2, 0.25) is 0 Å². The molecule has 7 nitrogen and oxygen atoms in total. The maximum absolute atomic E-state index is 12.2. The first kappa shape index (κ1) is 14.6. The first-order chi connectivity index (χ1) is 10.1. The molecule has 2 aromatic rings. The highest BCUT2D eigenvalue weighted by atomic mass is 16.5. The van der Waals surface area contributed by atoms with E-state index in [4.69, 9.17) is 4.74 Å². The van der Waals surface area contributed by atoms with Gasteiger partial charge in [-0.3, -0.25) is 4.79 Å². The Morgan fingerprint density at radius 3 is 2.81 bits per heavy atom. The average molecular weight is 289 g/mol. The fourth-order valence-corrected chi connectivity index (χ4v) is 1.88. The number of benzene rings is 1. The summed E-state index contributed by atoms with van der Waals surface area (Å²) in [6.45, 7) is 0. The highest BCUT2D eigenvalue weighted by molar-refractivity contribution is 5.98. The summed E-state index contributed by atoms with van der Waals surface area (Å²) in [5, 5.41) is 11.7. The van der Waals surface area contributed by atoms with Gasteiger partial charge in [0.25, 0.3) is 5.91 Å². The number of hydrogen-bond donors (Lipinski definition) is 3. The molecule has 0 saturated carbocycles. The number of hydrogen-bond acceptors (Lipinski definition) is 4. The molecular weight excluding hydrogens is 274 g/mol. The molecule has 1 atom stereocenters. The molecule has 7 heteroatoms. The number of aromatic amines is 1. The summed E-state index contributed by atoms with van der Waals surface area (Å²) in [6.07, 6.45) is 3.09. The van der Waals surface area contributed by atoms with Gasteiger partial charge in [0.1, 0.15) is 11.8 Å². The third-order valence-corrected chi connectivity index (χ3v) is 2.93. The molecule has 0 aliphatic heterocycles. The van der Waals surface area contributed by atoms with E-state index in [1.54, 1.807) is 24.3 Å². The molecule has 0 unspecified atom stereocenters. The fourth-order valence-electron chi connectivity index (χ4n) is 1.88. The van der Waals surface area contributed by atoms with E-state index in [1.165, 1.54) is 19.6 Å². The van der Waals surface area contributed by atoms with Crippen LogP contribution in [0.2, 0.25) is 0 Å². The van der Waals surface area contributed by atoms with Crippen molar-refractivity contribution in [3.63, 3.8) is 0 Å². The lowest BCUT2D eigenvalue weighted by Gasteiger charge is -2.15. The zero-order valence-corrected chi connectivity index (χ0v) is 11.4. The Bertz CT molecular complexity index is 625. The number of carboxylic acids is 1. The van der Waals surface area contributed by atoms with Crippen LogP contribution in [0.15, 0.2) is 36.8 Å². The second-order valence-electron chi connectivity index (χ2n) is 4.35. The maximum Gasteiger partial charge on any atom is 0.326 e. The molecular formula is C14H15N3O4. The molecule has 110 valence electrons. The maximum atomic E-state index is 12.2. The predicted molar refractivity (Wildman–Crippen MR) is 74.2 cm³/mol. The first-order valence-electron chi connectivity index (χ1n) is 6.25. The van der Waals surface area contributed by atoms with Gasteiger partial charge in [0.05, 0.1) is 19.0 Å². The second-order valence-corrected chi connectivity index (χ2v) is 4.35. The number of carboxylic acid groups (broad SMARTS) is 1. The lowest BCUT2D eigenvalue weighted by molar-refractivity contribution is -0.139. The lowest BCUT2D eigenvalue weighted by Crippen LogP contribution is -2.42. The van der Waals surface area contributed by atoms with Crippen LogP contribution in [-0.4, -0.2) is 40.1 Å². The van der Waals surface area contributed by atoms with Gasteiger partial charge in [-0.15, -0.1) is 0 Å². The topological polar surface area (TPSA) is 104 Å². The molecule has 21 heavy (non-hydrogen) atoms. The summed E-state index contributed by atoms with van der Waals surface area (Å²) in [7, 11) is 1.45. The third kappa shape index (κ3) is 3.59. The van der Waals surface area contributed by atoms with Crippen LogP contribution < -0.4 is 10.1 Å². The number of carbonyl (C=O) groups excluding carboxylic acids is 1. The highest BCUT2D eigenvalue weighted by Crippen LogP contribution is 2.17. The summed E-state index contributed by atoms with van der Waals surface area (Å²) in [4.78, 5) is 30.1. The molecule has 0 aliphatic carbocycles. The van der Waals surface area contributed by atoms with Crippen molar-refractivity contribution in [2.24, 2.45) is 0 Å². The van der Waals surface area contributed by atoms with E-state index in [0.717, 1.165) is 0 Å². The SMILES string of the molecule is COc1ccccc1C(=O)N[C@@H](Cc1cnc[nH]1)C(=O)O. The zero-order valence-electron chi connectivity index (χ0n) is 11.4. The molecule has 0 saturated heterocycles. The van der Waals surface area contributed by atoms with Gasteiger partial charge in [-0.05, 0) is 12.1 Å². The Kier molecular flexibility index (Phi) is 4.55. The number of methoxy groups -OCH3 is 1. The zero-order chi connectivity index (χ0) is 15.2. The van der Waals surface area contributed by atoms with Crippen LogP contribution in [0.3, 0.4) is 0 Å². The van der Waals surface area contributed by atoms with Gasteiger partial charge in [0.15, 0.2) is 0 Å². The fraction of sp³-hybridized carbons (Fsp3) is 0.214. The van der Waals surface area contributed by atoms with Crippen molar-refractivity contribution in [2.45, 2.75) is 12.5 Å². The molecule has 1 aromatic heterocycles. The minimum atomic E-state index is -1.12.